The fourth-order valence-electron chi connectivity index (χ4n) is 1.64. The Morgan fingerprint density at radius 3 is 2.78 bits per heavy atom. The largest absolute Gasteiger partial charge is 0.263 e. The van der Waals surface area contributed by atoms with Gasteiger partial charge in [-0.1, -0.05) is 27.5 Å². The fraction of sp³-hybridized carbons (Fsp3) is 0.154. The molecule has 0 spiro atoms. The second kappa shape index (κ2) is 6.00. The number of benzene rings is 1. The monoisotopic (exact) mass is 347 g/mol. The summed E-state index contributed by atoms with van der Waals surface area (Å²) >= 11 is 15.6. The van der Waals surface area contributed by atoms with Crippen molar-refractivity contribution < 1.29 is 4.39 Å². The van der Waals surface area contributed by atoms with Crippen molar-refractivity contribution in [3.05, 3.63) is 63.1 Å². The molecule has 94 valence electrons. The van der Waals surface area contributed by atoms with E-state index in [1.54, 1.807) is 18.5 Å². The highest BCUT2D eigenvalue weighted by Gasteiger charge is 2.12. The van der Waals surface area contributed by atoms with Crippen LogP contribution in [0.1, 0.15) is 16.5 Å². The van der Waals surface area contributed by atoms with Crippen molar-refractivity contribution in [2.24, 2.45) is 0 Å². The molecule has 0 aliphatic rings. The summed E-state index contributed by atoms with van der Waals surface area (Å²) in [7, 11) is 0. The van der Waals surface area contributed by atoms with Crippen molar-refractivity contribution in [1.82, 2.24) is 4.98 Å². The molecule has 2 aromatic rings. The van der Waals surface area contributed by atoms with E-state index in [1.807, 2.05) is 6.07 Å². The average molecular weight is 349 g/mol. The summed E-state index contributed by atoms with van der Waals surface area (Å²) in [5.41, 5.74) is 1.61. The van der Waals surface area contributed by atoms with E-state index >= 15 is 0 Å². The van der Waals surface area contributed by atoms with E-state index in [1.165, 1.54) is 12.1 Å². The molecule has 1 aromatic heterocycles. The molecule has 2 rings (SSSR count). The predicted molar refractivity (Wildman–Crippen MR) is 75.6 cm³/mol. The van der Waals surface area contributed by atoms with E-state index in [9.17, 15) is 4.39 Å². The molecule has 1 aromatic carbocycles. The molecule has 0 saturated carbocycles. The molecule has 5 heteroatoms. The molecule has 18 heavy (non-hydrogen) atoms. The van der Waals surface area contributed by atoms with Crippen LogP contribution in [-0.2, 0) is 6.42 Å². The minimum atomic E-state index is -0.336. The van der Waals surface area contributed by atoms with Gasteiger partial charge in [0.05, 0.1) is 10.4 Å². The first-order valence-corrected chi connectivity index (χ1v) is 6.85. The average Bonchev–Trinajstić information content (AvgIpc) is 2.31. The molecule has 0 N–H and O–H groups in total. The smallest absolute Gasteiger partial charge is 0.124 e. The van der Waals surface area contributed by atoms with Gasteiger partial charge in [0.25, 0.3) is 0 Å². The van der Waals surface area contributed by atoms with E-state index in [2.05, 4.69) is 20.9 Å². The van der Waals surface area contributed by atoms with Gasteiger partial charge in [-0.15, -0.1) is 11.6 Å². The van der Waals surface area contributed by atoms with Crippen molar-refractivity contribution in [2.45, 2.75) is 11.8 Å². The Morgan fingerprint density at radius 1 is 1.33 bits per heavy atom. The minimum Gasteiger partial charge on any atom is -0.263 e. The fourth-order valence-corrected chi connectivity index (χ4v) is 2.61. The van der Waals surface area contributed by atoms with Crippen LogP contribution in [0.5, 0.6) is 0 Å². The van der Waals surface area contributed by atoms with Gasteiger partial charge in [0.15, 0.2) is 0 Å². The SMILES string of the molecule is Fc1cc(Br)cc(C(Cl)Cc2ccncc2Cl)c1. The predicted octanol–water partition coefficient (Wildman–Crippen LogP) is 5.16. The van der Waals surface area contributed by atoms with Gasteiger partial charge in [-0.3, -0.25) is 4.98 Å². The maximum absolute atomic E-state index is 13.3. The molecule has 0 amide bonds. The normalized spacial score (nSPS) is 12.4. The third-order valence-electron chi connectivity index (χ3n) is 2.50. The quantitative estimate of drug-likeness (QED) is 0.698. The van der Waals surface area contributed by atoms with Gasteiger partial charge < -0.3 is 0 Å². The van der Waals surface area contributed by atoms with Gasteiger partial charge in [0.2, 0.25) is 0 Å². The highest BCUT2D eigenvalue weighted by atomic mass is 79.9. The van der Waals surface area contributed by atoms with Crippen LogP contribution in [0.2, 0.25) is 5.02 Å². The standard InChI is InChI=1S/C13H9BrCl2FN/c14-10-3-9(4-11(17)6-10)12(15)5-8-1-2-18-7-13(8)16/h1-4,6-7,12H,5H2. The van der Waals surface area contributed by atoms with Gasteiger partial charge >= 0.3 is 0 Å². The van der Waals surface area contributed by atoms with Crippen molar-refractivity contribution in [2.75, 3.05) is 0 Å². The highest BCUT2D eigenvalue weighted by molar-refractivity contribution is 9.10. The number of pyridine rings is 1. The van der Waals surface area contributed by atoms with E-state index in [4.69, 9.17) is 23.2 Å². The van der Waals surface area contributed by atoms with Crippen molar-refractivity contribution in [3.63, 3.8) is 0 Å². The Kier molecular flexibility index (Phi) is 4.60. The lowest BCUT2D eigenvalue weighted by atomic mass is 10.0. The molecule has 0 fully saturated rings. The lowest BCUT2D eigenvalue weighted by molar-refractivity contribution is 0.623. The van der Waals surface area contributed by atoms with Crippen LogP contribution in [0.3, 0.4) is 0 Å². The molecule has 1 atom stereocenters. The zero-order valence-corrected chi connectivity index (χ0v) is 12.3. The van der Waals surface area contributed by atoms with Crippen LogP contribution in [0.25, 0.3) is 0 Å². The third kappa shape index (κ3) is 3.44. The van der Waals surface area contributed by atoms with Crippen LogP contribution in [0, 0.1) is 5.82 Å². The number of alkyl halides is 1. The summed E-state index contributed by atoms with van der Waals surface area (Å²) in [5.74, 6) is -0.314. The molecular weight excluding hydrogens is 340 g/mol. The molecule has 0 aliphatic carbocycles. The van der Waals surface area contributed by atoms with Crippen molar-refractivity contribution >= 4 is 39.1 Å². The second-order valence-corrected chi connectivity index (χ2v) is 5.69. The van der Waals surface area contributed by atoms with Crippen LogP contribution in [-0.4, -0.2) is 4.98 Å². The number of aromatic nitrogens is 1. The molecule has 1 heterocycles. The Hall–Kier alpha value is -0.640. The topological polar surface area (TPSA) is 12.9 Å². The molecular formula is C13H9BrCl2FN. The van der Waals surface area contributed by atoms with Gasteiger partial charge in [-0.2, -0.15) is 0 Å². The highest BCUT2D eigenvalue weighted by Crippen LogP contribution is 2.30. The van der Waals surface area contributed by atoms with Gasteiger partial charge in [0, 0.05) is 16.9 Å². The molecule has 1 unspecified atom stereocenters. The summed E-state index contributed by atoms with van der Waals surface area (Å²) in [6.07, 6.45) is 3.76. The number of hydrogen-bond donors (Lipinski definition) is 0. The zero-order valence-electron chi connectivity index (χ0n) is 9.21. The summed E-state index contributed by atoms with van der Waals surface area (Å²) in [6.45, 7) is 0. The first-order valence-electron chi connectivity index (χ1n) is 5.24. The van der Waals surface area contributed by atoms with E-state index in [-0.39, 0.29) is 11.2 Å². The first-order chi connectivity index (χ1) is 8.56. The number of hydrogen-bond acceptors (Lipinski definition) is 1. The third-order valence-corrected chi connectivity index (χ3v) is 3.71. The number of rotatable bonds is 3. The van der Waals surface area contributed by atoms with Crippen molar-refractivity contribution in [1.29, 1.82) is 0 Å². The lowest BCUT2D eigenvalue weighted by Gasteiger charge is -2.11. The molecule has 0 saturated heterocycles. The Morgan fingerprint density at radius 2 is 2.11 bits per heavy atom. The van der Waals surface area contributed by atoms with Crippen LogP contribution < -0.4 is 0 Å². The van der Waals surface area contributed by atoms with Crippen LogP contribution in [0.4, 0.5) is 4.39 Å². The second-order valence-electron chi connectivity index (χ2n) is 3.84. The molecule has 0 radical (unpaired) electrons. The van der Waals surface area contributed by atoms with Gasteiger partial charge in [-0.25, -0.2) is 4.39 Å². The maximum Gasteiger partial charge on any atom is 0.124 e. The summed E-state index contributed by atoms with van der Waals surface area (Å²) < 4.78 is 14.0. The van der Waals surface area contributed by atoms with Crippen LogP contribution >= 0.6 is 39.1 Å². The lowest BCUT2D eigenvalue weighted by Crippen LogP contribution is -1.98. The number of halogens is 4. The zero-order chi connectivity index (χ0) is 13.1. The Labute approximate surface area is 123 Å². The Balaban J connectivity index is 2.22. The van der Waals surface area contributed by atoms with E-state index in [0.717, 1.165) is 11.1 Å². The summed E-state index contributed by atoms with van der Waals surface area (Å²) in [6, 6.07) is 6.44. The number of nitrogens with zero attached hydrogens (tertiary/aromatic N) is 1. The van der Waals surface area contributed by atoms with Gasteiger partial charge in [-0.05, 0) is 41.8 Å². The Bertz CT molecular complexity index is 542. The molecule has 0 bridgehead atoms. The first kappa shape index (κ1) is 13.8. The molecule has 1 nitrogen and oxygen atoms in total. The van der Waals surface area contributed by atoms with E-state index < -0.39 is 0 Å². The van der Waals surface area contributed by atoms with E-state index in [0.29, 0.717) is 15.9 Å². The van der Waals surface area contributed by atoms with Gasteiger partial charge in [0.1, 0.15) is 5.82 Å². The van der Waals surface area contributed by atoms with Crippen molar-refractivity contribution in [3.8, 4) is 0 Å². The maximum atomic E-state index is 13.3. The summed E-state index contributed by atoms with van der Waals surface area (Å²) in [5, 5.41) is 0.232. The molecule has 0 aliphatic heterocycles. The van der Waals surface area contributed by atoms with Crippen LogP contribution in [0.15, 0.2) is 41.1 Å². The minimum absolute atomic E-state index is 0.314. The summed E-state index contributed by atoms with van der Waals surface area (Å²) in [4.78, 5) is 3.91.